The van der Waals surface area contributed by atoms with Crippen LogP contribution < -0.4 is 9.47 Å². The van der Waals surface area contributed by atoms with E-state index < -0.39 is 11.8 Å². The average Bonchev–Trinajstić information content (AvgIpc) is 2.67. The van der Waals surface area contributed by atoms with Crippen molar-refractivity contribution in [3.8, 4) is 22.6 Å². The van der Waals surface area contributed by atoms with Gasteiger partial charge < -0.3 is 14.6 Å². The first-order valence-corrected chi connectivity index (χ1v) is 8.43. The lowest BCUT2D eigenvalue weighted by Gasteiger charge is -2.15. The molecule has 0 unspecified atom stereocenters. The predicted molar refractivity (Wildman–Crippen MR) is 101 cm³/mol. The minimum Gasteiger partial charge on any atom is -0.494 e. The largest absolute Gasteiger partial charge is 0.494 e. The lowest BCUT2D eigenvalue weighted by molar-refractivity contribution is -0.136. The van der Waals surface area contributed by atoms with E-state index in [4.69, 9.17) is 14.6 Å². The molecule has 0 saturated carbocycles. The smallest absolute Gasteiger partial charge is 0.307 e. The fourth-order valence-corrected chi connectivity index (χ4v) is 2.81. The first-order chi connectivity index (χ1) is 13.1. The molecule has 1 N–H and O–H groups in total. The van der Waals surface area contributed by atoms with Crippen molar-refractivity contribution < 1.29 is 23.8 Å². The monoisotopic (exact) mass is 366 g/mol. The van der Waals surface area contributed by atoms with E-state index >= 15 is 0 Å². The molecule has 27 heavy (non-hydrogen) atoms. The minimum absolute atomic E-state index is 0.116. The standard InChI is InChI=1S/C22H19FO4/c1-26-20-9-5-8-17(22(20)23)18-12-16(13-21(24)25)10-11-19(18)27-14-15-6-3-2-4-7-15/h2-12H,13-14H2,1H3,(H,24,25). The zero-order valence-electron chi connectivity index (χ0n) is 14.8. The highest BCUT2D eigenvalue weighted by molar-refractivity contribution is 5.76. The summed E-state index contributed by atoms with van der Waals surface area (Å²) >= 11 is 0. The number of hydrogen-bond donors (Lipinski definition) is 1. The van der Waals surface area contributed by atoms with Crippen molar-refractivity contribution in [1.82, 2.24) is 0 Å². The quantitative estimate of drug-likeness (QED) is 0.658. The second-order valence-corrected chi connectivity index (χ2v) is 6.00. The zero-order valence-corrected chi connectivity index (χ0v) is 14.8. The molecule has 0 heterocycles. The van der Waals surface area contributed by atoms with Crippen LogP contribution in [0.25, 0.3) is 11.1 Å². The molecule has 0 radical (unpaired) electrons. The van der Waals surface area contributed by atoms with E-state index in [-0.39, 0.29) is 12.2 Å². The van der Waals surface area contributed by atoms with E-state index in [1.807, 2.05) is 30.3 Å². The van der Waals surface area contributed by atoms with E-state index in [1.165, 1.54) is 13.2 Å². The minimum atomic E-state index is -0.954. The van der Waals surface area contributed by atoms with Crippen LogP contribution in [-0.2, 0) is 17.8 Å². The average molecular weight is 366 g/mol. The van der Waals surface area contributed by atoms with E-state index in [0.717, 1.165) is 5.56 Å². The number of ether oxygens (including phenoxy) is 2. The summed E-state index contributed by atoms with van der Waals surface area (Å²) in [5.74, 6) is -0.882. The van der Waals surface area contributed by atoms with Gasteiger partial charge in [-0.1, -0.05) is 48.5 Å². The van der Waals surface area contributed by atoms with E-state index in [0.29, 0.717) is 29.0 Å². The molecule has 0 atom stereocenters. The van der Waals surface area contributed by atoms with E-state index in [9.17, 15) is 9.18 Å². The molecule has 5 heteroatoms. The molecule has 0 saturated heterocycles. The Bertz CT molecular complexity index is 938. The third-order valence-corrected chi connectivity index (χ3v) is 4.11. The second kappa shape index (κ2) is 8.36. The van der Waals surface area contributed by atoms with Crippen molar-refractivity contribution in [2.24, 2.45) is 0 Å². The number of carbonyl (C=O) groups is 1. The predicted octanol–water partition coefficient (Wildman–Crippen LogP) is 4.71. The molecule has 0 aliphatic carbocycles. The van der Waals surface area contributed by atoms with Crippen LogP contribution in [-0.4, -0.2) is 18.2 Å². The Morgan fingerprint density at radius 2 is 1.70 bits per heavy atom. The Labute approximate surface area is 156 Å². The lowest BCUT2D eigenvalue weighted by atomic mass is 9.99. The highest BCUT2D eigenvalue weighted by atomic mass is 19.1. The zero-order chi connectivity index (χ0) is 19.2. The number of halogens is 1. The third kappa shape index (κ3) is 4.44. The maximum Gasteiger partial charge on any atom is 0.307 e. The summed E-state index contributed by atoms with van der Waals surface area (Å²) in [6, 6.07) is 19.4. The Hall–Kier alpha value is -3.34. The molecule has 0 fully saturated rings. The number of aliphatic carboxylic acids is 1. The van der Waals surface area contributed by atoms with Crippen molar-refractivity contribution in [2.45, 2.75) is 13.0 Å². The van der Waals surface area contributed by atoms with Gasteiger partial charge in [-0.2, -0.15) is 0 Å². The number of methoxy groups -OCH3 is 1. The number of rotatable bonds is 7. The van der Waals surface area contributed by atoms with Crippen LogP contribution in [0.15, 0.2) is 66.7 Å². The molecule has 0 amide bonds. The summed E-state index contributed by atoms with van der Waals surface area (Å²) in [6.07, 6.45) is -0.155. The number of carboxylic acid groups (broad SMARTS) is 1. The summed E-state index contributed by atoms with van der Waals surface area (Å²) in [4.78, 5) is 11.1. The highest BCUT2D eigenvalue weighted by Crippen LogP contribution is 2.36. The molecule has 0 bridgehead atoms. The van der Waals surface area contributed by atoms with Crippen LogP contribution in [0.2, 0.25) is 0 Å². The van der Waals surface area contributed by atoms with Gasteiger partial charge in [0, 0.05) is 11.1 Å². The van der Waals surface area contributed by atoms with Gasteiger partial charge in [0.25, 0.3) is 0 Å². The second-order valence-electron chi connectivity index (χ2n) is 6.00. The molecular weight excluding hydrogens is 347 g/mol. The van der Waals surface area contributed by atoms with E-state index in [2.05, 4.69) is 0 Å². The van der Waals surface area contributed by atoms with Gasteiger partial charge in [0.15, 0.2) is 11.6 Å². The van der Waals surface area contributed by atoms with Crippen LogP contribution in [0.4, 0.5) is 4.39 Å². The van der Waals surface area contributed by atoms with Crippen molar-refractivity contribution >= 4 is 5.97 Å². The van der Waals surface area contributed by atoms with Crippen LogP contribution in [0.3, 0.4) is 0 Å². The number of hydrogen-bond acceptors (Lipinski definition) is 3. The van der Waals surface area contributed by atoms with Crippen LogP contribution in [0, 0.1) is 5.82 Å². The molecule has 3 aromatic carbocycles. The number of carboxylic acids is 1. The van der Waals surface area contributed by atoms with Crippen LogP contribution in [0.5, 0.6) is 11.5 Å². The van der Waals surface area contributed by atoms with Gasteiger partial charge in [-0.25, -0.2) is 4.39 Å². The summed E-state index contributed by atoms with van der Waals surface area (Å²) in [6.45, 7) is 0.317. The molecule has 0 aliphatic rings. The van der Waals surface area contributed by atoms with Crippen molar-refractivity contribution in [1.29, 1.82) is 0 Å². The summed E-state index contributed by atoms with van der Waals surface area (Å²) in [7, 11) is 1.40. The SMILES string of the molecule is COc1cccc(-c2cc(CC(=O)O)ccc2OCc2ccccc2)c1F. The van der Waals surface area contributed by atoms with Crippen molar-refractivity contribution in [2.75, 3.05) is 7.11 Å². The fourth-order valence-electron chi connectivity index (χ4n) is 2.81. The molecule has 138 valence electrons. The van der Waals surface area contributed by atoms with E-state index in [1.54, 1.807) is 30.3 Å². The lowest BCUT2D eigenvalue weighted by Crippen LogP contribution is -2.02. The summed E-state index contributed by atoms with van der Waals surface area (Å²) in [5, 5.41) is 9.06. The molecule has 0 aromatic heterocycles. The van der Waals surface area contributed by atoms with Crippen molar-refractivity contribution in [3.63, 3.8) is 0 Å². The van der Waals surface area contributed by atoms with Crippen LogP contribution >= 0.6 is 0 Å². The Morgan fingerprint density at radius 3 is 2.41 bits per heavy atom. The molecule has 3 aromatic rings. The van der Waals surface area contributed by atoms with Gasteiger partial charge >= 0.3 is 5.97 Å². The first-order valence-electron chi connectivity index (χ1n) is 8.43. The van der Waals surface area contributed by atoms with Gasteiger partial charge in [0.2, 0.25) is 0 Å². The third-order valence-electron chi connectivity index (χ3n) is 4.11. The Kier molecular flexibility index (Phi) is 5.71. The summed E-state index contributed by atoms with van der Waals surface area (Å²) < 4.78 is 25.8. The molecule has 0 spiro atoms. The number of benzene rings is 3. The molecule has 3 rings (SSSR count). The maximum atomic E-state index is 14.8. The topological polar surface area (TPSA) is 55.8 Å². The van der Waals surface area contributed by atoms with Gasteiger partial charge in [0.1, 0.15) is 12.4 Å². The normalized spacial score (nSPS) is 10.4. The van der Waals surface area contributed by atoms with Gasteiger partial charge in [-0.15, -0.1) is 0 Å². The fraction of sp³-hybridized carbons (Fsp3) is 0.136. The Morgan fingerprint density at radius 1 is 0.926 bits per heavy atom. The molecule has 4 nitrogen and oxygen atoms in total. The molecular formula is C22H19FO4. The highest BCUT2D eigenvalue weighted by Gasteiger charge is 2.16. The van der Waals surface area contributed by atoms with Crippen LogP contribution in [0.1, 0.15) is 11.1 Å². The van der Waals surface area contributed by atoms with Gasteiger partial charge in [-0.05, 0) is 29.3 Å². The summed E-state index contributed by atoms with van der Waals surface area (Å²) in [5.41, 5.74) is 2.32. The van der Waals surface area contributed by atoms with Gasteiger partial charge in [0.05, 0.1) is 13.5 Å². The molecule has 0 aliphatic heterocycles. The van der Waals surface area contributed by atoms with Crippen molar-refractivity contribution in [3.05, 3.63) is 83.7 Å². The maximum absolute atomic E-state index is 14.8. The first kappa shape index (κ1) is 18.5. The van der Waals surface area contributed by atoms with Gasteiger partial charge in [-0.3, -0.25) is 4.79 Å². The Balaban J connectivity index is 2.01.